The molecular formula is C21H34O3. The van der Waals surface area contributed by atoms with Gasteiger partial charge in [0.05, 0.1) is 17.8 Å². The Hall–Kier alpha value is -0.380. The minimum Gasteiger partial charge on any atom is -0.393 e. The summed E-state index contributed by atoms with van der Waals surface area (Å²) in [5.74, 6) is 1.82. The van der Waals surface area contributed by atoms with E-state index in [2.05, 4.69) is 19.9 Å². The van der Waals surface area contributed by atoms with Crippen LogP contribution < -0.4 is 0 Å². The first-order valence-corrected chi connectivity index (χ1v) is 10.0. The molecule has 0 aromatic rings. The van der Waals surface area contributed by atoms with Gasteiger partial charge in [0.15, 0.2) is 0 Å². The van der Waals surface area contributed by atoms with Gasteiger partial charge in [-0.05, 0) is 81.5 Å². The Labute approximate surface area is 146 Å². The van der Waals surface area contributed by atoms with E-state index in [1.165, 1.54) is 5.57 Å². The van der Waals surface area contributed by atoms with Gasteiger partial charge in [-0.25, -0.2) is 0 Å². The molecule has 0 aliphatic heterocycles. The Bertz CT molecular complexity index is 555. The summed E-state index contributed by atoms with van der Waals surface area (Å²) in [6, 6.07) is 0. The highest BCUT2D eigenvalue weighted by atomic mass is 16.3. The van der Waals surface area contributed by atoms with E-state index in [0.29, 0.717) is 17.8 Å². The Morgan fingerprint density at radius 1 is 1.08 bits per heavy atom. The van der Waals surface area contributed by atoms with Gasteiger partial charge in [-0.1, -0.05) is 25.5 Å². The maximum atomic E-state index is 11.2. The van der Waals surface area contributed by atoms with Crippen molar-refractivity contribution in [3.05, 3.63) is 11.6 Å². The van der Waals surface area contributed by atoms with Crippen molar-refractivity contribution in [2.24, 2.45) is 28.6 Å². The Kier molecular flexibility index (Phi) is 3.77. The lowest BCUT2D eigenvalue weighted by Gasteiger charge is -2.59. The maximum Gasteiger partial charge on any atom is 0.0958 e. The molecule has 0 spiro atoms. The molecule has 0 heterocycles. The van der Waals surface area contributed by atoms with Crippen LogP contribution in [0.4, 0.5) is 0 Å². The van der Waals surface area contributed by atoms with Crippen molar-refractivity contribution in [3.63, 3.8) is 0 Å². The third-order valence-corrected chi connectivity index (χ3v) is 8.98. The monoisotopic (exact) mass is 334 g/mol. The normalized spacial score (nSPS) is 55.2. The molecule has 0 aromatic carbocycles. The fourth-order valence-corrected chi connectivity index (χ4v) is 7.38. The van der Waals surface area contributed by atoms with E-state index in [0.717, 1.165) is 51.4 Å². The molecule has 3 heteroatoms. The van der Waals surface area contributed by atoms with Crippen molar-refractivity contribution in [2.75, 3.05) is 0 Å². The number of hydrogen-bond acceptors (Lipinski definition) is 3. The molecule has 0 unspecified atom stereocenters. The second kappa shape index (κ2) is 5.31. The molecule has 3 N–H and O–H groups in total. The lowest BCUT2D eigenvalue weighted by molar-refractivity contribution is -0.170. The number of fused-ring (bicyclic) bond motifs is 5. The zero-order valence-electron chi connectivity index (χ0n) is 15.5. The van der Waals surface area contributed by atoms with Crippen molar-refractivity contribution in [1.82, 2.24) is 0 Å². The van der Waals surface area contributed by atoms with Crippen LogP contribution in [-0.2, 0) is 0 Å². The first kappa shape index (κ1) is 17.1. The van der Waals surface area contributed by atoms with E-state index in [-0.39, 0.29) is 16.9 Å². The van der Waals surface area contributed by atoms with Crippen molar-refractivity contribution >= 4 is 0 Å². The predicted octanol–water partition coefficient (Wildman–Crippen LogP) is 3.42. The van der Waals surface area contributed by atoms with Gasteiger partial charge in [-0.3, -0.25) is 0 Å². The second-order valence-corrected chi connectivity index (χ2v) is 9.75. The van der Waals surface area contributed by atoms with Gasteiger partial charge in [0.1, 0.15) is 0 Å². The molecule has 0 amide bonds. The molecule has 4 aliphatic rings. The lowest BCUT2D eigenvalue weighted by Crippen LogP contribution is -2.58. The zero-order chi connectivity index (χ0) is 17.3. The first-order valence-electron chi connectivity index (χ1n) is 10.0. The van der Waals surface area contributed by atoms with Crippen molar-refractivity contribution < 1.29 is 15.3 Å². The van der Waals surface area contributed by atoms with E-state index < -0.39 is 11.7 Å². The third-order valence-electron chi connectivity index (χ3n) is 8.98. The zero-order valence-corrected chi connectivity index (χ0v) is 15.5. The van der Waals surface area contributed by atoms with Gasteiger partial charge in [0.2, 0.25) is 0 Å². The molecule has 0 saturated heterocycles. The summed E-state index contributed by atoms with van der Waals surface area (Å²) in [6.45, 7) is 6.43. The fourth-order valence-electron chi connectivity index (χ4n) is 7.38. The minimum absolute atomic E-state index is 0.151. The van der Waals surface area contributed by atoms with Crippen molar-refractivity contribution in [2.45, 2.75) is 89.9 Å². The van der Waals surface area contributed by atoms with Crippen LogP contribution in [-0.4, -0.2) is 33.1 Å². The SMILES string of the molecule is C[C@@H](O)[C@]1(O)CC[C@H]2[C@@H]3CC=C4C[C@@H](O)CC[C@]4(C)[C@H]3CC[C@@]21C. The van der Waals surface area contributed by atoms with Crippen LogP contribution in [0.1, 0.15) is 72.1 Å². The quantitative estimate of drug-likeness (QED) is 0.644. The van der Waals surface area contributed by atoms with Gasteiger partial charge in [0.25, 0.3) is 0 Å². The van der Waals surface area contributed by atoms with Crippen LogP contribution in [0.3, 0.4) is 0 Å². The lowest BCUT2D eigenvalue weighted by atomic mass is 9.46. The Balaban J connectivity index is 1.68. The van der Waals surface area contributed by atoms with Crippen LogP contribution in [0, 0.1) is 28.6 Å². The number of allylic oxidation sites excluding steroid dienone is 1. The van der Waals surface area contributed by atoms with Crippen molar-refractivity contribution in [3.8, 4) is 0 Å². The van der Waals surface area contributed by atoms with Gasteiger partial charge < -0.3 is 15.3 Å². The molecular weight excluding hydrogens is 300 g/mol. The number of hydrogen-bond donors (Lipinski definition) is 3. The number of aliphatic hydroxyl groups is 3. The summed E-state index contributed by atoms with van der Waals surface area (Å²) >= 11 is 0. The fraction of sp³-hybridized carbons (Fsp3) is 0.905. The van der Waals surface area contributed by atoms with E-state index in [1.54, 1.807) is 6.92 Å². The molecule has 0 aromatic heterocycles. The molecule has 0 bridgehead atoms. The molecule has 0 radical (unpaired) electrons. The maximum absolute atomic E-state index is 11.2. The average Bonchev–Trinajstić information content (AvgIpc) is 2.81. The number of rotatable bonds is 1. The van der Waals surface area contributed by atoms with Gasteiger partial charge in [0, 0.05) is 5.41 Å². The van der Waals surface area contributed by atoms with E-state index in [4.69, 9.17) is 0 Å². The molecule has 3 fully saturated rings. The number of aliphatic hydroxyl groups excluding tert-OH is 2. The second-order valence-electron chi connectivity index (χ2n) is 9.75. The van der Waals surface area contributed by atoms with Crippen molar-refractivity contribution in [1.29, 1.82) is 0 Å². The van der Waals surface area contributed by atoms with Crippen LogP contribution in [0.2, 0.25) is 0 Å². The Morgan fingerprint density at radius 3 is 2.50 bits per heavy atom. The highest BCUT2D eigenvalue weighted by Gasteiger charge is 2.64. The summed E-state index contributed by atoms with van der Waals surface area (Å²) < 4.78 is 0. The van der Waals surface area contributed by atoms with Crippen LogP contribution in [0.15, 0.2) is 11.6 Å². The largest absolute Gasteiger partial charge is 0.393 e. The summed E-state index contributed by atoms with van der Waals surface area (Å²) in [5.41, 5.74) is 0.665. The highest BCUT2D eigenvalue weighted by molar-refractivity contribution is 5.26. The summed E-state index contributed by atoms with van der Waals surface area (Å²) in [4.78, 5) is 0. The van der Waals surface area contributed by atoms with E-state index in [9.17, 15) is 15.3 Å². The third kappa shape index (κ3) is 2.01. The molecule has 8 atom stereocenters. The summed E-state index contributed by atoms with van der Waals surface area (Å²) in [5, 5.41) is 31.6. The van der Waals surface area contributed by atoms with E-state index in [1.807, 2.05) is 0 Å². The molecule has 4 rings (SSSR count). The first-order chi connectivity index (χ1) is 11.2. The van der Waals surface area contributed by atoms with Crippen LogP contribution in [0.25, 0.3) is 0 Å². The molecule has 24 heavy (non-hydrogen) atoms. The van der Waals surface area contributed by atoms with Gasteiger partial charge >= 0.3 is 0 Å². The molecule has 3 saturated carbocycles. The highest BCUT2D eigenvalue weighted by Crippen LogP contribution is 2.67. The minimum atomic E-state index is -0.920. The topological polar surface area (TPSA) is 60.7 Å². The average molecular weight is 335 g/mol. The standard InChI is InChI=1S/C21H34O3/c1-13(22)21(24)11-8-18-16-5-4-14-12-15(23)6-9-19(14,2)17(16)7-10-20(18,21)3/h4,13,15-18,22-24H,5-12H2,1-3H3/t13-,15+,16-,17+,18+,19+,20+,21-/m1/s1. The van der Waals surface area contributed by atoms with Gasteiger partial charge in [-0.15, -0.1) is 0 Å². The molecule has 3 nitrogen and oxygen atoms in total. The van der Waals surface area contributed by atoms with Gasteiger partial charge in [-0.2, -0.15) is 0 Å². The summed E-state index contributed by atoms with van der Waals surface area (Å²) in [7, 11) is 0. The smallest absolute Gasteiger partial charge is 0.0958 e. The Morgan fingerprint density at radius 2 is 1.79 bits per heavy atom. The molecule has 4 aliphatic carbocycles. The van der Waals surface area contributed by atoms with Crippen LogP contribution >= 0.6 is 0 Å². The summed E-state index contributed by atoms with van der Waals surface area (Å²) in [6.07, 6.45) is 9.56. The van der Waals surface area contributed by atoms with Crippen LogP contribution in [0.5, 0.6) is 0 Å². The predicted molar refractivity (Wildman–Crippen MR) is 94.3 cm³/mol. The molecule has 136 valence electrons. The van der Waals surface area contributed by atoms with E-state index >= 15 is 0 Å².